The van der Waals surface area contributed by atoms with E-state index >= 15 is 0 Å². The van der Waals surface area contributed by atoms with Gasteiger partial charge >= 0.3 is 0 Å². The molecular formula is C24H32F2N6O4. The molecule has 0 bridgehead atoms. The van der Waals surface area contributed by atoms with Gasteiger partial charge in [-0.2, -0.15) is 9.61 Å². The van der Waals surface area contributed by atoms with Crippen LogP contribution in [0.2, 0.25) is 0 Å². The summed E-state index contributed by atoms with van der Waals surface area (Å²) in [5, 5.41) is 14.9. The maximum Gasteiger partial charge on any atom is 0.270 e. The van der Waals surface area contributed by atoms with Crippen LogP contribution < -0.4 is 11.3 Å². The summed E-state index contributed by atoms with van der Waals surface area (Å²) >= 11 is 0. The molecule has 2 aromatic rings. The van der Waals surface area contributed by atoms with Crippen LogP contribution in [0.1, 0.15) is 55.2 Å². The molecule has 0 atom stereocenters. The quantitative estimate of drug-likeness (QED) is 0.594. The van der Waals surface area contributed by atoms with Crippen molar-refractivity contribution in [1.82, 2.24) is 24.0 Å². The number of nitrogens with two attached hydrogens (primary N) is 1. The van der Waals surface area contributed by atoms with Crippen LogP contribution in [0.4, 0.5) is 8.78 Å². The monoisotopic (exact) mass is 506 g/mol. The number of amides is 2. The number of rotatable bonds is 5. The van der Waals surface area contributed by atoms with Gasteiger partial charge in [-0.15, -0.1) is 0 Å². The summed E-state index contributed by atoms with van der Waals surface area (Å²) in [6.07, 6.45) is 2.66. The SMILES string of the molecule is Cc1nn2c(O)c(C(N)=O)c(=O)n(CC(C)(C)C)c2c1C=CC(=O)N1CCN(C2CC(F)(F)C2)CC1. The summed E-state index contributed by atoms with van der Waals surface area (Å²) < 4.78 is 28.8. The minimum absolute atomic E-state index is 0.130. The van der Waals surface area contributed by atoms with E-state index in [2.05, 4.69) is 5.10 Å². The van der Waals surface area contributed by atoms with E-state index in [-0.39, 0.29) is 42.4 Å². The van der Waals surface area contributed by atoms with Crippen molar-refractivity contribution >= 4 is 23.5 Å². The highest BCUT2D eigenvalue weighted by Crippen LogP contribution is 2.40. The average molecular weight is 507 g/mol. The molecule has 2 fully saturated rings. The van der Waals surface area contributed by atoms with Gasteiger partial charge in [-0.3, -0.25) is 23.9 Å². The molecular weight excluding hydrogens is 474 g/mol. The Kier molecular flexibility index (Phi) is 6.44. The van der Waals surface area contributed by atoms with Crippen LogP contribution in [-0.2, 0) is 11.3 Å². The lowest BCUT2D eigenvalue weighted by molar-refractivity contribution is -0.139. The van der Waals surface area contributed by atoms with Crippen LogP contribution in [-0.4, -0.2) is 79.0 Å². The van der Waals surface area contributed by atoms with Crippen molar-refractivity contribution in [2.75, 3.05) is 26.2 Å². The Morgan fingerprint density at radius 2 is 1.81 bits per heavy atom. The first-order chi connectivity index (χ1) is 16.7. The fourth-order valence-corrected chi connectivity index (χ4v) is 4.85. The summed E-state index contributed by atoms with van der Waals surface area (Å²) in [4.78, 5) is 41.6. The summed E-state index contributed by atoms with van der Waals surface area (Å²) in [5.41, 5.74) is 4.84. The lowest BCUT2D eigenvalue weighted by Crippen LogP contribution is -2.57. The van der Waals surface area contributed by atoms with Gasteiger partial charge in [-0.25, -0.2) is 8.78 Å². The molecule has 3 N–H and O–H groups in total. The number of hydrogen-bond donors (Lipinski definition) is 2. The molecule has 2 aromatic heterocycles. The van der Waals surface area contributed by atoms with E-state index in [1.807, 2.05) is 25.7 Å². The zero-order valence-corrected chi connectivity index (χ0v) is 20.9. The van der Waals surface area contributed by atoms with Gasteiger partial charge in [0.1, 0.15) is 5.65 Å². The molecule has 0 radical (unpaired) electrons. The molecule has 10 nitrogen and oxygen atoms in total. The number of fused-ring (bicyclic) bond motifs is 1. The topological polar surface area (TPSA) is 126 Å². The van der Waals surface area contributed by atoms with Crippen LogP contribution in [0.15, 0.2) is 10.9 Å². The lowest BCUT2D eigenvalue weighted by Gasteiger charge is -2.46. The Bertz CT molecular complexity index is 1290. The standard InChI is InChI=1S/C24H32F2N6O4/c1-14-16(5-6-17(33)30-9-7-29(8-10-30)15-11-24(25,26)12-15)20-31(13-23(2,3)4)21(35)18(19(27)34)22(36)32(20)28-14/h5-6,15,36H,7-13H2,1-4H3,(H2,27,34). The van der Waals surface area contributed by atoms with Crippen molar-refractivity contribution < 1.29 is 23.5 Å². The number of carbonyl (C=O) groups excluding carboxylic acids is 2. The number of alkyl halides is 2. The molecule has 2 aliphatic rings. The number of aromatic hydroxyl groups is 1. The average Bonchev–Trinajstić information content (AvgIpc) is 3.09. The number of aryl methyl sites for hydroxylation is 1. The Hall–Kier alpha value is -3.28. The largest absolute Gasteiger partial charge is 0.492 e. The first kappa shape index (κ1) is 25.8. The Morgan fingerprint density at radius 3 is 2.33 bits per heavy atom. The highest BCUT2D eigenvalue weighted by molar-refractivity contribution is 5.96. The number of aromatic nitrogens is 3. The smallest absolute Gasteiger partial charge is 0.270 e. The highest BCUT2D eigenvalue weighted by Gasteiger charge is 2.48. The van der Waals surface area contributed by atoms with Gasteiger partial charge in [0.2, 0.25) is 11.8 Å². The molecule has 4 rings (SSSR count). The first-order valence-electron chi connectivity index (χ1n) is 11.9. The van der Waals surface area contributed by atoms with E-state index in [1.54, 1.807) is 17.9 Å². The second-order valence-electron chi connectivity index (χ2n) is 10.9. The van der Waals surface area contributed by atoms with E-state index < -0.39 is 28.8 Å². The molecule has 1 aliphatic carbocycles. The molecule has 36 heavy (non-hydrogen) atoms. The third-order valence-corrected chi connectivity index (χ3v) is 6.70. The Balaban J connectivity index is 1.61. The number of piperazine rings is 1. The fourth-order valence-electron chi connectivity index (χ4n) is 4.85. The maximum atomic E-state index is 13.2. The van der Waals surface area contributed by atoms with Gasteiger partial charge in [0.25, 0.3) is 17.4 Å². The molecule has 0 spiro atoms. The minimum atomic E-state index is -2.58. The molecule has 0 unspecified atom stereocenters. The Morgan fingerprint density at radius 1 is 1.19 bits per heavy atom. The third-order valence-electron chi connectivity index (χ3n) is 6.70. The van der Waals surface area contributed by atoms with Crippen molar-refractivity contribution in [2.45, 2.75) is 59.0 Å². The number of nitrogens with zero attached hydrogens (tertiary/aromatic N) is 5. The van der Waals surface area contributed by atoms with Crippen LogP contribution in [0.5, 0.6) is 5.88 Å². The number of carbonyl (C=O) groups is 2. The minimum Gasteiger partial charge on any atom is -0.492 e. The van der Waals surface area contributed by atoms with Gasteiger partial charge < -0.3 is 15.7 Å². The molecule has 0 aromatic carbocycles. The van der Waals surface area contributed by atoms with Gasteiger partial charge in [-0.05, 0) is 18.4 Å². The summed E-state index contributed by atoms with van der Waals surface area (Å²) in [7, 11) is 0. The number of primary amides is 1. The lowest BCUT2D eigenvalue weighted by atomic mass is 9.86. The molecule has 2 amide bonds. The van der Waals surface area contributed by atoms with E-state index in [4.69, 9.17) is 5.73 Å². The molecule has 196 valence electrons. The van der Waals surface area contributed by atoms with Crippen molar-refractivity contribution in [2.24, 2.45) is 11.1 Å². The first-order valence-corrected chi connectivity index (χ1v) is 11.9. The molecule has 1 saturated carbocycles. The second kappa shape index (κ2) is 8.99. The number of halogens is 2. The molecule has 12 heteroatoms. The van der Waals surface area contributed by atoms with Crippen molar-refractivity contribution in [1.29, 1.82) is 0 Å². The predicted octanol–water partition coefficient (Wildman–Crippen LogP) is 1.61. The van der Waals surface area contributed by atoms with Crippen molar-refractivity contribution in [3.05, 3.63) is 33.3 Å². The number of hydrogen-bond acceptors (Lipinski definition) is 6. The molecule has 3 heterocycles. The van der Waals surface area contributed by atoms with Gasteiger partial charge in [0.15, 0.2) is 5.56 Å². The summed E-state index contributed by atoms with van der Waals surface area (Å²) in [5.74, 6) is -4.55. The van der Waals surface area contributed by atoms with Crippen LogP contribution in [0.25, 0.3) is 11.7 Å². The third kappa shape index (κ3) is 4.86. The Labute approximate surface area is 207 Å². The van der Waals surface area contributed by atoms with Gasteiger partial charge in [0, 0.05) is 63.2 Å². The maximum absolute atomic E-state index is 13.2. The van der Waals surface area contributed by atoms with Crippen LogP contribution in [0.3, 0.4) is 0 Å². The second-order valence-corrected chi connectivity index (χ2v) is 10.9. The van der Waals surface area contributed by atoms with Crippen molar-refractivity contribution in [3.63, 3.8) is 0 Å². The molecule has 1 saturated heterocycles. The van der Waals surface area contributed by atoms with Crippen LogP contribution in [0, 0.1) is 12.3 Å². The van der Waals surface area contributed by atoms with Crippen molar-refractivity contribution in [3.8, 4) is 5.88 Å². The van der Waals surface area contributed by atoms with Crippen LogP contribution >= 0.6 is 0 Å². The van der Waals surface area contributed by atoms with E-state index in [0.717, 1.165) is 4.52 Å². The molecule has 1 aliphatic heterocycles. The zero-order chi connectivity index (χ0) is 26.6. The predicted molar refractivity (Wildman–Crippen MR) is 129 cm³/mol. The van der Waals surface area contributed by atoms with Gasteiger partial charge in [0.05, 0.1) is 5.69 Å². The summed E-state index contributed by atoms with van der Waals surface area (Å²) in [6, 6.07) is -0.133. The van der Waals surface area contributed by atoms with E-state index in [1.165, 1.54) is 10.6 Å². The van der Waals surface area contributed by atoms with E-state index in [0.29, 0.717) is 37.4 Å². The zero-order valence-electron chi connectivity index (χ0n) is 20.9. The van der Waals surface area contributed by atoms with Gasteiger partial charge in [-0.1, -0.05) is 20.8 Å². The highest BCUT2D eigenvalue weighted by atomic mass is 19.3. The fraction of sp³-hybridized carbons (Fsp3) is 0.583. The summed E-state index contributed by atoms with van der Waals surface area (Å²) in [6.45, 7) is 9.54. The van der Waals surface area contributed by atoms with E-state index in [9.17, 15) is 28.3 Å². The normalized spacial score (nSPS) is 19.2.